The molecule has 0 aliphatic carbocycles. The molecular formula is C25H25N5O4S. The molecule has 10 heteroatoms. The van der Waals surface area contributed by atoms with Gasteiger partial charge in [0.25, 0.3) is 21.5 Å². The molecule has 0 fully saturated rings. The average molecular weight is 492 g/mol. The van der Waals surface area contributed by atoms with Crippen LogP contribution >= 0.6 is 0 Å². The van der Waals surface area contributed by atoms with Crippen LogP contribution in [-0.2, 0) is 17.1 Å². The molecule has 0 aliphatic heterocycles. The molecule has 0 bridgehead atoms. The Morgan fingerprint density at radius 2 is 1.66 bits per heavy atom. The zero-order valence-corrected chi connectivity index (χ0v) is 20.6. The summed E-state index contributed by atoms with van der Waals surface area (Å²) in [4.78, 5) is 30.2. The van der Waals surface area contributed by atoms with Crippen LogP contribution in [0.15, 0.2) is 82.5 Å². The first-order valence-corrected chi connectivity index (χ1v) is 12.2. The normalized spacial score (nSPS) is 11.3. The van der Waals surface area contributed by atoms with Crippen molar-refractivity contribution in [2.45, 2.75) is 18.7 Å². The van der Waals surface area contributed by atoms with E-state index in [-0.39, 0.29) is 16.1 Å². The van der Waals surface area contributed by atoms with Crippen LogP contribution in [-0.4, -0.2) is 35.7 Å². The summed E-state index contributed by atoms with van der Waals surface area (Å²) >= 11 is 0. The van der Waals surface area contributed by atoms with E-state index in [2.05, 4.69) is 10.3 Å². The van der Waals surface area contributed by atoms with Gasteiger partial charge in [-0.2, -0.15) is 0 Å². The van der Waals surface area contributed by atoms with Gasteiger partial charge in [0.1, 0.15) is 11.5 Å². The monoisotopic (exact) mass is 491 g/mol. The predicted molar refractivity (Wildman–Crippen MR) is 135 cm³/mol. The number of anilines is 2. The molecule has 1 amide bonds. The Kier molecular flexibility index (Phi) is 6.31. The minimum atomic E-state index is -4.15. The molecule has 0 atom stereocenters. The molecule has 9 nitrogen and oxygen atoms in total. The number of nitrogens with one attached hydrogen (secondary N) is 1. The Morgan fingerprint density at radius 3 is 2.34 bits per heavy atom. The number of benzene rings is 2. The third-order valence-electron chi connectivity index (χ3n) is 5.72. The minimum absolute atomic E-state index is 0.0233. The number of nitrogens with zero attached hydrogens (tertiary/aromatic N) is 4. The van der Waals surface area contributed by atoms with Crippen molar-refractivity contribution in [3.8, 4) is 5.69 Å². The Balaban J connectivity index is 1.69. The number of aromatic nitrogens is 3. The van der Waals surface area contributed by atoms with Crippen LogP contribution in [0.25, 0.3) is 5.69 Å². The number of rotatable bonds is 6. The first kappa shape index (κ1) is 24.0. The molecule has 180 valence electrons. The predicted octanol–water partition coefficient (Wildman–Crippen LogP) is 3.27. The molecule has 1 N–H and O–H groups in total. The molecule has 0 aliphatic rings. The van der Waals surface area contributed by atoms with E-state index < -0.39 is 21.5 Å². The van der Waals surface area contributed by atoms with Gasteiger partial charge in [-0.3, -0.25) is 18.6 Å². The van der Waals surface area contributed by atoms with Crippen molar-refractivity contribution in [1.29, 1.82) is 0 Å². The van der Waals surface area contributed by atoms with Crippen LogP contribution in [0, 0.1) is 13.8 Å². The highest BCUT2D eigenvalue weighted by atomic mass is 32.2. The first-order chi connectivity index (χ1) is 16.6. The van der Waals surface area contributed by atoms with Crippen molar-refractivity contribution >= 4 is 27.4 Å². The lowest BCUT2D eigenvalue weighted by atomic mass is 10.2. The second kappa shape index (κ2) is 9.22. The molecular weight excluding hydrogens is 466 g/mol. The number of pyridine rings is 1. The maximum atomic E-state index is 13.5. The van der Waals surface area contributed by atoms with Crippen molar-refractivity contribution < 1.29 is 13.2 Å². The molecule has 35 heavy (non-hydrogen) atoms. The number of hydrogen-bond donors (Lipinski definition) is 1. The fourth-order valence-corrected chi connectivity index (χ4v) is 5.09. The third kappa shape index (κ3) is 4.47. The second-order valence-corrected chi connectivity index (χ2v) is 10.00. The fourth-order valence-electron chi connectivity index (χ4n) is 3.79. The number of para-hydroxylation sites is 1. The van der Waals surface area contributed by atoms with Gasteiger partial charge in [0.15, 0.2) is 0 Å². The maximum absolute atomic E-state index is 13.5. The fraction of sp³-hybridized carbons (Fsp3) is 0.160. The largest absolute Gasteiger partial charge is 0.307 e. The van der Waals surface area contributed by atoms with Crippen LogP contribution in [0.2, 0.25) is 0 Å². The van der Waals surface area contributed by atoms with Crippen LogP contribution < -0.4 is 15.2 Å². The van der Waals surface area contributed by atoms with E-state index in [1.54, 1.807) is 68.0 Å². The summed E-state index contributed by atoms with van der Waals surface area (Å²) in [6.07, 6.45) is 0. The Morgan fingerprint density at radius 1 is 0.971 bits per heavy atom. The molecule has 0 spiro atoms. The first-order valence-electron chi connectivity index (χ1n) is 10.8. The van der Waals surface area contributed by atoms with E-state index in [1.165, 1.54) is 36.0 Å². The SMILES string of the molecule is Cc1cccc(NC(=O)c2cccc(S(=O)(=O)N(C)c3c(C)n(C)n(-c4ccccc4)c3=O)c2)n1. The number of carbonyl (C=O) groups is 1. The summed E-state index contributed by atoms with van der Waals surface area (Å²) in [6.45, 7) is 3.48. The molecule has 2 aromatic heterocycles. The molecule has 2 heterocycles. The smallest absolute Gasteiger partial charge is 0.296 e. The molecule has 2 aromatic carbocycles. The van der Waals surface area contributed by atoms with Gasteiger partial charge < -0.3 is 5.32 Å². The summed E-state index contributed by atoms with van der Waals surface area (Å²) in [5, 5.41) is 2.67. The highest BCUT2D eigenvalue weighted by Crippen LogP contribution is 2.24. The van der Waals surface area contributed by atoms with Crippen molar-refractivity contribution in [3.63, 3.8) is 0 Å². The molecule has 0 saturated heterocycles. The van der Waals surface area contributed by atoms with Crippen molar-refractivity contribution in [3.05, 3.63) is 100 Å². The maximum Gasteiger partial charge on any atom is 0.296 e. The van der Waals surface area contributed by atoms with Crippen LogP contribution in [0.1, 0.15) is 21.7 Å². The lowest BCUT2D eigenvalue weighted by Gasteiger charge is -2.18. The number of sulfonamides is 1. The molecule has 0 radical (unpaired) electrons. The quantitative estimate of drug-likeness (QED) is 0.446. The van der Waals surface area contributed by atoms with Gasteiger partial charge in [-0.1, -0.05) is 30.3 Å². The van der Waals surface area contributed by atoms with Crippen LogP contribution in [0.4, 0.5) is 11.5 Å². The molecule has 4 aromatic rings. The topological polar surface area (TPSA) is 106 Å². The van der Waals surface area contributed by atoms with Gasteiger partial charge in [0.2, 0.25) is 0 Å². The minimum Gasteiger partial charge on any atom is -0.307 e. The number of hydrogen-bond acceptors (Lipinski definition) is 5. The van der Waals surface area contributed by atoms with Crippen molar-refractivity contribution in [2.24, 2.45) is 7.05 Å². The summed E-state index contributed by atoms with van der Waals surface area (Å²) < 4.78 is 31.0. The summed E-state index contributed by atoms with van der Waals surface area (Å²) in [5.74, 6) is -0.133. The van der Waals surface area contributed by atoms with E-state index in [0.29, 0.717) is 17.2 Å². The zero-order valence-electron chi connectivity index (χ0n) is 19.8. The van der Waals surface area contributed by atoms with Gasteiger partial charge in [0.05, 0.1) is 16.3 Å². The molecule has 4 rings (SSSR count). The van der Waals surface area contributed by atoms with E-state index in [1.807, 2.05) is 6.07 Å². The summed E-state index contributed by atoms with van der Waals surface area (Å²) in [5.41, 5.74) is 1.53. The second-order valence-electron chi connectivity index (χ2n) is 8.03. The van der Waals surface area contributed by atoms with E-state index in [4.69, 9.17) is 0 Å². The Hall–Kier alpha value is -4.18. The van der Waals surface area contributed by atoms with E-state index in [9.17, 15) is 18.0 Å². The van der Waals surface area contributed by atoms with Gasteiger partial charge in [-0.15, -0.1) is 0 Å². The standard InChI is InChI=1S/C25H25N5O4S/c1-17-10-8-15-22(26-17)27-24(31)19-11-9-14-21(16-19)35(33,34)29(4)23-18(2)28(3)30(25(23)32)20-12-6-5-7-13-20/h5-16H,1-4H3,(H,26,27,31). The van der Waals surface area contributed by atoms with Gasteiger partial charge >= 0.3 is 0 Å². The number of amides is 1. The third-order valence-corrected chi connectivity index (χ3v) is 7.48. The Bertz CT molecular complexity index is 1570. The van der Waals surface area contributed by atoms with E-state index in [0.717, 1.165) is 10.00 Å². The highest BCUT2D eigenvalue weighted by molar-refractivity contribution is 7.92. The van der Waals surface area contributed by atoms with Crippen LogP contribution in [0.5, 0.6) is 0 Å². The lowest BCUT2D eigenvalue weighted by Crippen LogP contribution is -2.32. The number of aryl methyl sites for hydroxylation is 1. The van der Waals surface area contributed by atoms with Gasteiger partial charge in [0, 0.05) is 25.4 Å². The molecule has 0 saturated carbocycles. The Labute approximate surface area is 203 Å². The summed E-state index contributed by atoms with van der Waals surface area (Å²) in [7, 11) is -1.12. The van der Waals surface area contributed by atoms with Crippen molar-refractivity contribution in [1.82, 2.24) is 14.3 Å². The van der Waals surface area contributed by atoms with Gasteiger partial charge in [-0.25, -0.2) is 18.1 Å². The van der Waals surface area contributed by atoms with Gasteiger partial charge in [-0.05, 0) is 56.3 Å². The molecule has 0 unspecified atom stereocenters. The van der Waals surface area contributed by atoms with Crippen LogP contribution in [0.3, 0.4) is 0 Å². The number of carbonyl (C=O) groups excluding carboxylic acids is 1. The van der Waals surface area contributed by atoms with Crippen molar-refractivity contribution in [2.75, 3.05) is 16.7 Å². The average Bonchev–Trinajstić information content (AvgIpc) is 3.06. The van der Waals surface area contributed by atoms with E-state index >= 15 is 0 Å². The summed E-state index contributed by atoms with van der Waals surface area (Å²) in [6, 6.07) is 19.9. The highest BCUT2D eigenvalue weighted by Gasteiger charge is 2.29. The zero-order chi connectivity index (χ0) is 25.3. The lowest BCUT2D eigenvalue weighted by molar-refractivity contribution is 0.102.